The van der Waals surface area contributed by atoms with Gasteiger partial charge in [-0.15, -0.1) is 0 Å². The standard InChI is InChI=1S/C18H13Cl/c19-18-16(14-8-3-1-4-9-14)12-7-13-17(18)15-10-5-2-6-11-15/h1-13H/i1D,3D,4D,8D,9D. The Bertz CT molecular complexity index is 893. The van der Waals surface area contributed by atoms with Crippen LogP contribution >= 0.6 is 11.6 Å². The average molecular weight is 270 g/mol. The van der Waals surface area contributed by atoms with Crippen LogP contribution in [0.5, 0.6) is 0 Å². The van der Waals surface area contributed by atoms with Crippen LogP contribution in [0.4, 0.5) is 0 Å². The first-order valence-electron chi connectivity index (χ1n) is 8.34. The predicted molar refractivity (Wildman–Crippen MR) is 82.3 cm³/mol. The number of hydrogen-bond acceptors (Lipinski definition) is 0. The van der Waals surface area contributed by atoms with Crippen molar-refractivity contribution < 1.29 is 6.85 Å². The third kappa shape index (κ3) is 2.40. The van der Waals surface area contributed by atoms with E-state index >= 15 is 0 Å². The van der Waals surface area contributed by atoms with E-state index in [4.69, 9.17) is 18.5 Å². The lowest BCUT2D eigenvalue weighted by atomic mass is 9.99. The fourth-order valence-corrected chi connectivity index (χ4v) is 2.28. The summed E-state index contributed by atoms with van der Waals surface area (Å²) < 4.78 is 39.6. The highest BCUT2D eigenvalue weighted by molar-refractivity contribution is 6.36. The molecule has 0 atom stereocenters. The molecule has 0 unspecified atom stereocenters. The zero-order valence-electron chi connectivity index (χ0n) is 15.0. The number of halogens is 1. The molecule has 1 heteroatoms. The van der Waals surface area contributed by atoms with Crippen molar-refractivity contribution in [1.82, 2.24) is 0 Å². The van der Waals surface area contributed by atoms with E-state index in [1.54, 1.807) is 12.1 Å². The van der Waals surface area contributed by atoms with Gasteiger partial charge >= 0.3 is 0 Å². The zero-order chi connectivity index (χ0) is 17.4. The molecular weight excluding hydrogens is 252 g/mol. The lowest BCUT2D eigenvalue weighted by Crippen LogP contribution is -1.84. The van der Waals surface area contributed by atoms with E-state index in [0.29, 0.717) is 10.6 Å². The first-order chi connectivity index (χ1) is 11.4. The molecule has 0 aliphatic heterocycles. The van der Waals surface area contributed by atoms with E-state index in [2.05, 4.69) is 0 Å². The summed E-state index contributed by atoms with van der Waals surface area (Å²) in [5.41, 5.74) is 2.19. The van der Waals surface area contributed by atoms with Crippen LogP contribution in [0.25, 0.3) is 22.3 Å². The van der Waals surface area contributed by atoms with Gasteiger partial charge in [-0.3, -0.25) is 0 Å². The third-order valence-electron chi connectivity index (χ3n) is 2.85. The van der Waals surface area contributed by atoms with Gasteiger partial charge in [-0.2, -0.15) is 0 Å². The summed E-state index contributed by atoms with van der Waals surface area (Å²) in [6.07, 6.45) is 0. The molecule has 3 aromatic carbocycles. The van der Waals surface area contributed by atoms with Crippen molar-refractivity contribution in [2.24, 2.45) is 0 Å². The summed E-state index contributed by atoms with van der Waals surface area (Å²) in [6.45, 7) is 0. The Morgan fingerprint density at radius 2 is 1.32 bits per heavy atom. The van der Waals surface area contributed by atoms with Crippen molar-refractivity contribution in [2.45, 2.75) is 0 Å². The quantitative estimate of drug-likeness (QED) is 0.562. The minimum absolute atomic E-state index is 0.115. The van der Waals surface area contributed by atoms with Gasteiger partial charge in [0.25, 0.3) is 0 Å². The fraction of sp³-hybridized carbons (Fsp3) is 0. The second-order valence-corrected chi connectivity index (χ2v) is 4.41. The van der Waals surface area contributed by atoms with Crippen LogP contribution in [0.1, 0.15) is 6.85 Å². The van der Waals surface area contributed by atoms with E-state index < -0.39 is 6.04 Å². The van der Waals surface area contributed by atoms with E-state index in [-0.39, 0.29) is 29.7 Å². The molecular formula is C18H13Cl. The van der Waals surface area contributed by atoms with Gasteiger partial charge in [0.1, 0.15) is 0 Å². The Kier molecular flexibility index (Phi) is 2.09. The molecule has 0 saturated heterocycles. The highest BCUT2D eigenvalue weighted by Gasteiger charge is 2.08. The minimum Gasteiger partial charge on any atom is -0.0830 e. The molecule has 0 saturated carbocycles. The number of benzene rings is 3. The molecule has 0 fully saturated rings. The summed E-state index contributed by atoms with van der Waals surface area (Å²) in [5, 5.41) is 0.363. The van der Waals surface area contributed by atoms with Crippen molar-refractivity contribution in [3.8, 4) is 22.3 Å². The van der Waals surface area contributed by atoms with Crippen molar-refractivity contribution in [2.75, 3.05) is 0 Å². The molecule has 0 spiro atoms. The molecule has 0 heterocycles. The van der Waals surface area contributed by atoms with Gasteiger partial charge < -0.3 is 0 Å². The topological polar surface area (TPSA) is 0 Å². The van der Waals surface area contributed by atoms with Gasteiger partial charge in [-0.05, 0) is 11.1 Å². The monoisotopic (exact) mass is 269 g/mol. The van der Waals surface area contributed by atoms with Crippen LogP contribution in [-0.2, 0) is 0 Å². The number of hydrogen-bond donors (Lipinski definition) is 0. The summed E-state index contributed by atoms with van der Waals surface area (Å²) in [6, 6.07) is 13.1. The predicted octanol–water partition coefficient (Wildman–Crippen LogP) is 5.67. The van der Waals surface area contributed by atoms with Crippen LogP contribution in [0, 0.1) is 0 Å². The molecule has 0 aliphatic carbocycles. The third-order valence-corrected chi connectivity index (χ3v) is 3.26. The van der Waals surface area contributed by atoms with Crippen molar-refractivity contribution in [1.29, 1.82) is 0 Å². The van der Waals surface area contributed by atoms with Crippen LogP contribution < -0.4 is 0 Å². The Morgan fingerprint density at radius 3 is 2.00 bits per heavy atom. The minimum atomic E-state index is -0.413. The van der Waals surface area contributed by atoms with E-state index in [1.165, 1.54) is 0 Å². The highest BCUT2D eigenvalue weighted by Crippen LogP contribution is 2.35. The average Bonchev–Trinajstić information content (AvgIpc) is 2.60. The second-order valence-electron chi connectivity index (χ2n) is 4.03. The molecule has 0 bridgehead atoms. The van der Waals surface area contributed by atoms with Crippen molar-refractivity contribution in [3.05, 3.63) is 83.8 Å². The summed E-state index contributed by atoms with van der Waals surface area (Å²) in [5.74, 6) is 0. The highest BCUT2D eigenvalue weighted by atomic mass is 35.5. The first-order valence-corrected chi connectivity index (χ1v) is 6.22. The van der Waals surface area contributed by atoms with E-state index in [0.717, 1.165) is 11.1 Å². The second kappa shape index (κ2) is 5.29. The maximum atomic E-state index is 8.11. The molecule has 0 aliphatic rings. The van der Waals surface area contributed by atoms with E-state index in [1.807, 2.05) is 36.4 Å². The molecule has 19 heavy (non-hydrogen) atoms. The number of rotatable bonds is 2. The summed E-state index contributed by atoms with van der Waals surface area (Å²) in [4.78, 5) is 0. The molecule has 92 valence electrons. The summed E-state index contributed by atoms with van der Waals surface area (Å²) in [7, 11) is 0. The molecule has 0 N–H and O–H groups in total. The van der Waals surface area contributed by atoms with Gasteiger partial charge in [-0.1, -0.05) is 90.3 Å². The fourth-order valence-electron chi connectivity index (χ4n) is 1.95. The van der Waals surface area contributed by atoms with Crippen molar-refractivity contribution in [3.63, 3.8) is 0 Å². The van der Waals surface area contributed by atoms with Gasteiger partial charge in [0.15, 0.2) is 0 Å². The maximum Gasteiger partial charge on any atom is 0.0629 e. The lowest BCUT2D eigenvalue weighted by Gasteiger charge is -2.10. The molecule has 0 nitrogen and oxygen atoms in total. The molecule has 3 rings (SSSR count). The van der Waals surface area contributed by atoms with Crippen LogP contribution in [-0.4, -0.2) is 0 Å². The lowest BCUT2D eigenvalue weighted by molar-refractivity contribution is 1.59. The molecule has 3 aromatic rings. The molecule has 0 aromatic heterocycles. The maximum absolute atomic E-state index is 8.11. The van der Waals surface area contributed by atoms with Gasteiger partial charge in [0.05, 0.1) is 11.9 Å². The van der Waals surface area contributed by atoms with Gasteiger partial charge in [0, 0.05) is 11.1 Å². The summed E-state index contributed by atoms with van der Waals surface area (Å²) >= 11 is 6.53. The van der Waals surface area contributed by atoms with Crippen LogP contribution in [0.2, 0.25) is 5.02 Å². The Balaban J connectivity index is 2.30. The first kappa shape index (κ1) is 7.52. The SMILES string of the molecule is [2H]c1c([2H])c([2H])c(-c2cccc(-c3ccccc3)c2Cl)c([2H])c1[2H]. The van der Waals surface area contributed by atoms with Crippen molar-refractivity contribution >= 4 is 11.6 Å². The van der Waals surface area contributed by atoms with Crippen LogP contribution in [0.3, 0.4) is 0 Å². The Hall–Kier alpha value is -2.05. The Labute approximate surface area is 125 Å². The Morgan fingerprint density at radius 1 is 0.684 bits per heavy atom. The van der Waals surface area contributed by atoms with Gasteiger partial charge in [0.2, 0.25) is 0 Å². The van der Waals surface area contributed by atoms with Crippen LogP contribution in [0.15, 0.2) is 78.7 Å². The molecule has 0 amide bonds. The molecule has 0 radical (unpaired) electrons. The van der Waals surface area contributed by atoms with Gasteiger partial charge in [-0.25, -0.2) is 0 Å². The zero-order valence-corrected chi connectivity index (χ0v) is 10.8. The normalized spacial score (nSPS) is 14.1. The largest absolute Gasteiger partial charge is 0.0830 e. The smallest absolute Gasteiger partial charge is 0.0629 e. The van der Waals surface area contributed by atoms with E-state index in [9.17, 15) is 0 Å².